The van der Waals surface area contributed by atoms with Crippen molar-refractivity contribution in [1.29, 1.82) is 0 Å². The molecule has 3 heteroatoms. The molecule has 0 aromatic heterocycles. The SMILES string of the molecule is CC(C)N(CC1CCCNC1)C(=O)CC1CC1. The Morgan fingerprint density at radius 1 is 1.29 bits per heavy atom. The third-order valence-electron chi connectivity index (χ3n) is 3.96. The zero-order chi connectivity index (χ0) is 12.3. The van der Waals surface area contributed by atoms with Gasteiger partial charge in [0.15, 0.2) is 0 Å². The first-order chi connectivity index (χ1) is 8.16. The van der Waals surface area contributed by atoms with E-state index in [0.717, 1.165) is 26.1 Å². The predicted molar refractivity (Wildman–Crippen MR) is 69.8 cm³/mol. The second-order valence-electron chi connectivity index (χ2n) is 6.00. The van der Waals surface area contributed by atoms with Crippen LogP contribution in [0.25, 0.3) is 0 Å². The quantitative estimate of drug-likeness (QED) is 0.795. The van der Waals surface area contributed by atoms with Crippen LogP contribution in [-0.2, 0) is 4.79 Å². The molecule has 0 radical (unpaired) electrons. The van der Waals surface area contributed by atoms with Crippen molar-refractivity contribution in [3.8, 4) is 0 Å². The lowest BCUT2D eigenvalue weighted by atomic mass is 9.98. The number of nitrogens with zero attached hydrogens (tertiary/aromatic N) is 1. The van der Waals surface area contributed by atoms with Gasteiger partial charge in [-0.2, -0.15) is 0 Å². The summed E-state index contributed by atoms with van der Waals surface area (Å²) in [6.45, 7) is 7.46. The summed E-state index contributed by atoms with van der Waals surface area (Å²) in [6, 6.07) is 0.350. The molecule has 0 aromatic carbocycles. The number of carbonyl (C=O) groups is 1. The molecule has 1 atom stereocenters. The van der Waals surface area contributed by atoms with Gasteiger partial charge in [-0.3, -0.25) is 4.79 Å². The predicted octanol–water partition coefficient (Wildman–Crippen LogP) is 2.02. The molecule has 2 rings (SSSR count). The molecule has 0 spiro atoms. The molecule has 1 heterocycles. The zero-order valence-corrected chi connectivity index (χ0v) is 11.2. The second kappa shape index (κ2) is 5.85. The Morgan fingerprint density at radius 2 is 2.06 bits per heavy atom. The molecule has 1 amide bonds. The summed E-state index contributed by atoms with van der Waals surface area (Å²) in [4.78, 5) is 14.3. The summed E-state index contributed by atoms with van der Waals surface area (Å²) in [5.41, 5.74) is 0. The lowest BCUT2D eigenvalue weighted by Crippen LogP contribution is -2.44. The van der Waals surface area contributed by atoms with Crippen LogP contribution in [0.15, 0.2) is 0 Å². The molecule has 1 saturated carbocycles. The minimum atomic E-state index is 0.350. The monoisotopic (exact) mass is 238 g/mol. The van der Waals surface area contributed by atoms with E-state index in [4.69, 9.17) is 0 Å². The Balaban J connectivity index is 1.83. The number of piperidine rings is 1. The van der Waals surface area contributed by atoms with Crippen LogP contribution in [0.1, 0.15) is 46.0 Å². The molecule has 98 valence electrons. The molecular formula is C14H26N2O. The molecule has 2 fully saturated rings. The number of hydrogen-bond donors (Lipinski definition) is 1. The van der Waals surface area contributed by atoms with Crippen molar-refractivity contribution in [3.63, 3.8) is 0 Å². The van der Waals surface area contributed by atoms with Crippen molar-refractivity contribution < 1.29 is 4.79 Å². The van der Waals surface area contributed by atoms with Gasteiger partial charge in [0.25, 0.3) is 0 Å². The molecular weight excluding hydrogens is 212 g/mol. The Morgan fingerprint density at radius 3 is 2.59 bits per heavy atom. The fraction of sp³-hybridized carbons (Fsp3) is 0.929. The fourth-order valence-electron chi connectivity index (χ4n) is 2.64. The molecule has 1 saturated heterocycles. The summed E-state index contributed by atoms with van der Waals surface area (Å²) in [6.07, 6.45) is 5.85. The average molecular weight is 238 g/mol. The highest BCUT2D eigenvalue weighted by Crippen LogP contribution is 2.33. The molecule has 0 bridgehead atoms. The van der Waals surface area contributed by atoms with E-state index < -0.39 is 0 Å². The van der Waals surface area contributed by atoms with Crippen molar-refractivity contribution in [3.05, 3.63) is 0 Å². The molecule has 1 aliphatic carbocycles. The summed E-state index contributed by atoms with van der Waals surface area (Å²) in [5, 5.41) is 3.43. The molecule has 1 N–H and O–H groups in total. The van der Waals surface area contributed by atoms with E-state index in [0.29, 0.717) is 23.8 Å². The smallest absolute Gasteiger partial charge is 0.223 e. The molecule has 0 aromatic rings. The third-order valence-corrected chi connectivity index (χ3v) is 3.96. The van der Waals surface area contributed by atoms with Gasteiger partial charge in [-0.25, -0.2) is 0 Å². The van der Waals surface area contributed by atoms with E-state index in [-0.39, 0.29) is 0 Å². The van der Waals surface area contributed by atoms with Crippen molar-refractivity contribution in [2.24, 2.45) is 11.8 Å². The average Bonchev–Trinajstić information content (AvgIpc) is 3.10. The first kappa shape index (κ1) is 12.9. The lowest BCUT2D eigenvalue weighted by Gasteiger charge is -2.33. The Kier molecular flexibility index (Phi) is 4.43. The van der Waals surface area contributed by atoms with Gasteiger partial charge in [0.2, 0.25) is 5.91 Å². The van der Waals surface area contributed by atoms with Crippen LogP contribution in [-0.4, -0.2) is 36.5 Å². The van der Waals surface area contributed by atoms with E-state index in [1.807, 2.05) is 0 Å². The third kappa shape index (κ3) is 3.98. The van der Waals surface area contributed by atoms with Gasteiger partial charge in [0, 0.05) is 19.0 Å². The van der Waals surface area contributed by atoms with Crippen LogP contribution >= 0.6 is 0 Å². The normalized spacial score (nSPS) is 25.0. The van der Waals surface area contributed by atoms with Crippen molar-refractivity contribution in [1.82, 2.24) is 10.2 Å². The standard InChI is InChI=1S/C14H26N2O/c1-11(2)16(14(17)8-12-5-6-12)10-13-4-3-7-15-9-13/h11-13,15H,3-10H2,1-2H3. The number of amides is 1. The van der Waals surface area contributed by atoms with Crippen LogP contribution in [0.5, 0.6) is 0 Å². The Labute approximate surface area is 105 Å². The highest BCUT2D eigenvalue weighted by atomic mass is 16.2. The highest BCUT2D eigenvalue weighted by molar-refractivity contribution is 5.77. The summed E-state index contributed by atoms with van der Waals surface area (Å²) >= 11 is 0. The number of carbonyl (C=O) groups excluding carboxylic acids is 1. The molecule has 1 aliphatic heterocycles. The summed E-state index contributed by atoms with van der Waals surface area (Å²) < 4.78 is 0. The van der Waals surface area contributed by atoms with Gasteiger partial charge in [-0.05, 0) is 64.5 Å². The van der Waals surface area contributed by atoms with Gasteiger partial charge in [-0.15, -0.1) is 0 Å². The van der Waals surface area contributed by atoms with E-state index in [2.05, 4.69) is 24.1 Å². The van der Waals surface area contributed by atoms with Crippen molar-refractivity contribution in [2.45, 2.75) is 52.0 Å². The van der Waals surface area contributed by atoms with E-state index in [1.54, 1.807) is 0 Å². The fourth-order valence-corrected chi connectivity index (χ4v) is 2.64. The van der Waals surface area contributed by atoms with Gasteiger partial charge < -0.3 is 10.2 Å². The summed E-state index contributed by atoms with van der Waals surface area (Å²) in [5.74, 6) is 1.75. The van der Waals surface area contributed by atoms with E-state index in [1.165, 1.54) is 25.7 Å². The molecule has 2 aliphatic rings. The first-order valence-electron chi connectivity index (χ1n) is 7.17. The van der Waals surface area contributed by atoms with Crippen LogP contribution in [0.4, 0.5) is 0 Å². The van der Waals surface area contributed by atoms with Gasteiger partial charge in [0.1, 0.15) is 0 Å². The highest BCUT2D eigenvalue weighted by Gasteiger charge is 2.29. The van der Waals surface area contributed by atoms with Gasteiger partial charge >= 0.3 is 0 Å². The lowest BCUT2D eigenvalue weighted by molar-refractivity contribution is -0.134. The van der Waals surface area contributed by atoms with Gasteiger partial charge in [0.05, 0.1) is 0 Å². The van der Waals surface area contributed by atoms with Crippen LogP contribution in [0.3, 0.4) is 0 Å². The topological polar surface area (TPSA) is 32.3 Å². The van der Waals surface area contributed by atoms with Crippen LogP contribution in [0.2, 0.25) is 0 Å². The second-order valence-corrected chi connectivity index (χ2v) is 6.00. The van der Waals surface area contributed by atoms with Gasteiger partial charge in [-0.1, -0.05) is 0 Å². The molecule has 1 unspecified atom stereocenters. The first-order valence-corrected chi connectivity index (χ1v) is 7.17. The minimum Gasteiger partial charge on any atom is -0.340 e. The Hall–Kier alpha value is -0.570. The van der Waals surface area contributed by atoms with E-state index >= 15 is 0 Å². The van der Waals surface area contributed by atoms with Crippen molar-refractivity contribution in [2.75, 3.05) is 19.6 Å². The number of hydrogen-bond acceptors (Lipinski definition) is 2. The zero-order valence-electron chi connectivity index (χ0n) is 11.2. The summed E-state index contributed by atoms with van der Waals surface area (Å²) in [7, 11) is 0. The van der Waals surface area contributed by atoms with Crippen LogP contribution < -0.4 is 5.32 Å². The molecule has 17 heavy (non-hydrogen) atoms. The largest absolute Gasteiger partial charge is 0.340 e. The van der Waals surface area contributed by atoms with Crippen molar-refractivity contribution >= 4 is 5.91 Å². The minimum absolute atomic E-state index is 0.350. The number of nitrogens with one attached hydrogen (secondary N) is 1. The number of rotatable bonds is 5. The van der Waals surface area contributed by atoms with Crippen LogP contribution in [0, 0.1) is 11.8 Å². The van der Waals surface area contributed by atoms with E-state index in [9.17, 15) is 4.79 Å². The maximum atomic E-state index is 12.2. The Bertz CT molecular complexity index is 255. The molecule has 3 nitrogen and oxygen atoms in total. The maximum Gasteiger partial charge on any atom is 0.223 e. The maximum absolute atomic E-state index is 12.2.